The van der Waals surface area contributed by atoms with Crippen molar-refractivity contribution in [2.24, 2.45) is 10.9 Å². The van der Waals surface area contributed by atoms with E-state index in [9.17, 15) is 4.79 Å². The molecule has 0 aliphatic heterocycles. The summed E-state index contributed by atoms with van der Waals surface area (Å²) in [5.41, 5.74) is -0.449. The Balaban J connectivity index is 2.05. The molecule has 0 aromatic heterocycles. The van der Waals surface area contributed by atoms with Crippen LogP contribution in [0.25, 0.3) is 0 Å². The Bertz CT molecular complexity index is 350. The summed E-state index contributed by atoms with van der Waals surface area (Å²) >= 11 is 0. The molecule has 6 nitrogen and oxygen atoms in total. The first-order valence-corrected chi connectivity index (χ1v) is 7.26. The van der Waals surface area contributed by atoms with Crippen molar-refractivity contribution < 1.29 is 9.53 Å². The van der Waals surface area contributed by atoms with Gasteiger partial charge in [-0.3, -0.25) is 4.99 Å². The van der Waals surface area contributed by atoms with Gasteiger partial charge in [0.05, 0.1) is 0 Å². The quantitative estimate of drug-likeness (QED) is 0.406. The average Bonchev–Trinajstić information content (AvgIpc) is 3.00. The number of nitrogens with zero attached hydrogens (tertiary/aromatic N) is 1. The lowest BCUT2D eigenvalue weighted by Gasteiger charge is -2.19. The van der Waals surface area contributed by atoms with Crippen molar-refractivity contribution in [2.75, 3.05) is 20.1 Å². The number of carbonyl (C=O) groups is 1. The number of alkyl carbamates (subject to hydrolysis) is 1. The third kappa shape index (κ3) is 7.21. The van der Waals surface area contributed by atoms with Gasteiger partial charge in [-0.15, -0.1) is 0 Å². The van der Waals surface area contributed by atoms with E-state index >= 15 is 0 Å². The van der Waals surface area contributed by atoms with E-state index in [1.807, 2.05) is 20.8 Å². The van der Waals surface area contributed by atoms with Crippen LogP contribution in [0.3, 0.4) is 0 Å². The van der Waals surface area contributed by atoms with E-state index in [0.29, 0.717) is 12.6 Å². The standard InChI is InChI=1S/C14H28N4O2/c1-10-9-11(10)18-12(15-5)16-7-6-8-17-13(19)20-14(2,3)4/h10-11H,6-9H2,1-5H3,(H,17,19)(H2,15,16,18). The molecule has 1 amide bonds. The zero-order valence-corrected chi connectivity index (χ0v) is 13.2. The molecule has 0 spiro atoms. The molecule has 1 aliphatic rings. The van der Waals surface area contributed by atoms with Crippen molar-refractivity contribution in [3.05, 3.63) is 0 Å². The molecule has 116 valence electrons. The van der Waals surface area contributed by atoms with Crippen molar-refractivity contribution in [1.29, 1.82) is 0 Å². The second kappa shape index (κ2) is 7.36. The molecule has 6 heteroatoms. The van der Waals surface area contributed by atoms with Crippen LogP contribution in [0.2, 0.25) is 0 Å². The van der Waals surface area contributed by atoms with Crippen LogP contribution in [0, 0.1) is 5.92 Å². The first-order chi connectivity index (χ1) is 9.31. The monoisotopic (exact) mass is 284 g/mol. The van der Waals surface area contributed by atoms with Crippen molar-refractivity contribution in [3.8, 4) is 0 Å². The molecule has 0 aromatic carbocycles. The highest BCUT2D eigenvalue weighted by Crippen LogP contribution is 2.28. The molecular formula is C14H28N4O2. The highest BCUT2D eigenvalue weighted by Gasteiger charge is 2.33. The van der Waals surface area contributed by atoms with Gasteiger partial charge in [0, 0.05) is 26.2 Å². The SMILES string of the molecule is CN=C(NCCCNC(=O)OC(C)(C)C)NC1CC1C. The van der Waals surface area contributed by atoms with E-state index in [-0.39, 0.29) is 6.09 Å². The van der Waals surface area contributed by atoms with Crippen molar-refractivity contribution >= 4 is 12.1 Å². The lowest BCUT2D eigenvalue weighted by atomic mass is 10.2. The van der Waals surface area contributed by atoms with Crippen LogP contribution in [0.1, 0.15) is 40.5 Å². The van der Waals surface area contributed by atoms with Gasteiger partial charge in [-0.1, -0.05) is 6.92 Å². The number of aliphatic imine (C=N–C) groups is 1. The molecule has 0 aromatic rings. The Hall–Kier alpha value is -1.46. The van der Waals surface area contributed by atoms with Gasteiger partial charge in [0.15, 0.2) is 5.96 Å². The normalized spacial score (nSPS) is 22.1. The van der Waals surface area contributed by atoms with E-state index in [2.05, 4.69) is 27.9 Å². The zero-order valence-electron chi connectivity index (χ0n) is 13.2. The maximum absolute atomic E-state index is 11.4. The summed E-state index contributed by atoms with van der Waals surface area (Å²) in [5, 5.41) is 9.31. The van der Waals surface area contributed by atoms with Gasteiger partial charge in [0.2, 0.25) is 0 Å². The minimum Gasteiger partial charge on any atom is -0.444 e. The van der Waals surface area contributed by atoms with E-state index in [1.54, 1.807) is 7.05 Å². The van der Waals surface area contributed by atoms with Crippen LogP contribution in [-0.4, -0.2) is 43.8 Å². The van der Waals surface area contributed by atoms with Gasteiger partial charge >= 0.3 is 6.09 Å². The maximum atomic E-state index is 11.4. The minimum absolute atomic E-state index is 0.369. The predicted molar refractivity (Wildman–Crippen MR) is 80.9 cm³/mol. The third-order valence-electron chi connectivity index (χ3n) is 2.97. The second-order valence-corrected chi connectivity index (χ2v) is 6.25. The summed E-state index contributed by atoms with van der Waals surface area (Å²) in [6, 6.07) is 0.557. The Morgan fingerprint density at radius 1 is 1.30 bits per heavy atom. The molecule has 1 aliphatic carbocycles. The Kier molecular flexibility index (Phi) is 6.10. The molecule has 0 saturated heterocycles. The first-order valence-electron chi connectivity index (χ1n) is 7.26. The fraction of sp³-hybridized carbons (Fsp3) is 0.857. The van der Waals surface area contributed by atoms with Crippen molar-refractivity contribution in [3.63, 3.8) is 0 Å². The minimum atomic E-state index is -0.449. The lowest BCUT2D eigenvalue weighted by molar-refractivity contribution is 0.0527. The number of ether oxygens (including phenoxy) is 1. The highest BCUT2D eigenvalue weighted by molar-refractivity contribution is 5.80. The highest BCUT2D eigenvalue weighted by atomic mass is 16.6. The van der Waals surface area contributed by atoms with Crippen LogP contribution in [-0.2, 0) is 4.74 Å². The Morgan fingerprint density at radius 3 is 2.40 bits per heavy atom. The molecule has 20 heavy (non-hydrogen) atoms. The number of guanidine groups is 1. The van der Waals surface area contributed by atoms with E-state index in [1.165, 1.54) is 6.42 Å². The fourth-order valence-electron chi connectivity index (χ4n) is 1.69. The molecule has 0 heterocycles. The van der Waals surface area contributed by atoms with Gasteiger partial charge < -0.3 is 20.7 Å². The summed E-state index contributed by atoms with van der Waals surface area (Å²) in [6.45, 7) is 9.11. The van der Waals surface area contributed by atoms with Crippen LogP contribution in [0.15, 0.2) is 4.99 Å². The summed E-state index contributed by atoms with van der Waals surface area (Å²) < 4.78 is 5.15. The number of hydrogen-bond acceptors (Lipinski definition) is 3. The largest absolute Gasteiger partial charge is 0.444 e. The van der Waals surface area contributed by atoms with Crippen LogP contribution < -0.4 is 16.0 Å². The van der Waals surface area contributed by atoms with Gasteiger partial charge in [-0.05, 0) is 39.5 Å². The molecule has 2 unspecified atom stereocenters. The maximum Gasteiger partial charge on any atom is 0.407 e. The molecule has 3 N–H and O–H groups in total. The van der Waals surface area contributed by atoms with Crippen LogP contribution in [0.4, 0.5) is 4.79 Å². The summed E-state index contributed by atoms with van der Waals surface area (Å²) in [4.78, 5) is 15.6. The molecule has 0 bridgehead atoms. The lowest BCUT2D eigenvalue weighted by Crippen LogP contribution is -2.40. The summed E-state index contributed by atoms with van der Waals surface area (Å²) in [6.07, 6.45) is 1.66. The number of amides is 1. The topological polar surface area (TPSA) is 74.8 Å². The molecule has 2 atom stereocenters. The number of nitrogens with one attached hydrogen (secondary N) is 3. The smallest absolute Gasteiger partial charge is 0.407 e. The van der Waals surface area contributed by atoms with Crippen LogP contribution >= 0.6 is 0 Å². The predicted octanol–water partition coefficient (Wildman–Crippen LogP) is 1.47. The zero-order chi connectivity index (χ0) is 15.2. The van der Waals surface area contributed by atoms with Gasteiger partial charge in [-0.25, -0.2) is 4.79 Å². The third-order valence-corrected chi connectivity index (χ3v) is 2.97. The summed E-state index contributed by atoms with van der Waals surface area (Å²) in [7, 11) is 1.77. The van der Waals surface area contributed by atoms with Crippen LogP contribution in [0.5, 0.6) is 0 Å². The second-order valence-electron chi connectivity index (χ2n) is 6.25. The molecule has 1 saturated carbocycles. The number of hydrogen-bond donors (Lipinski definition) is 3. The van der Waals surface area contributed by atoms with E-state index in [4.69, 9.17) is 4.74 Å². The first kappa shape index (κ1) is 16.6. The van der Waals surface area contributed by atoms with Gasteiger partial charge in [-0.2, -0.15) is 0 Å². The molecule has 0 radical (unpaired) electrons. The molecule has 1 fully saturated rings. The van der Waals surface area contributed by atoms with Gasteiger partial charge in [0.1, 0.15) is 5.60 Å². The number of rotatable bonds is 5. The number of carbonyl (C=O) groups excluding carboxylic acids is 1. The van der Waals surface area contributed by atoms with Crippen molar-refractivity contribution in [2.45, 2.75) is 52.2 Å². The van der Waals surface area contributed by atoms with Crippen molar-refractivity contribution in [1.82, 2.24) is 16.0 Å². The fourth-order valence-corrected chi connectivity index (χ4v) is 1.69. The Labute approximate surface area is 121 Å². The molecular weight excluding hydrogens is 256 g/mol. The molecule has 1 rings (SSSR count). The average molecular weight is 284 g/mol. The van der Waals surface area contributed by atoms with E-state index < -0.39 is 5.60 Å². The Morgan fingerprint density at radius 2 is 1.90 bits per heavy atom. The van der Waals surface area contributed by atoms with Gasteiger partial charge in [0.25, 0.3) is 0 Å². The summed E-state index contributed by atoms with van der Waals surface area (Å²) in [5.74, 6) is 1.57. The van der Waals surface area contributed by atoms with E-state index in [0.717, 1.165) is 24.8 Å².